The van der Waals surface area contributed by atoms with Gasteiger partial charge >= 0.3 is 5.97 Å². The van der Waals surface area contributed by atoms with Crippen molar-refractivity contribution >= 4 is 5.97 Å². The largest absolute Gasteiger partial charge is 0.481 e. The number of hydrogen-bond donors (Lipinski definition) is 1. The lowest BCUT2D eigenvalue weighted by atomic mass is 9.64. The summed E-state index contributed by atoms with van der Waals surface area (Å²) in [6.07, 6.45) is 33.7. The van der Waals surface area contributed by atoms with Crippen LogP contribution in [0.25, 0.3) is 0 Å². The molecule has 222 valence electrons. The Morgan fingerprint density at radius 3 is 1.16 bits per heavy atom. The quantitative estimate of drug-likeness (QED) is 0.0991. The van der Waals surface area contributed by atoms with Gasteiger partial charge in [0.05, 0.1) is 5.41 Å². The highest BCUT2D eigenvalue weighted by atomic mass is 16.4. The fraction of sp³-hybridized carbons (Fsp3) is 0.971. The first kappa shape index (κ1) is 36.5. The van der Waals surface area contributed by atoms with Gasteiger partial charge in [0.25, 0.3) is 0 Å². The third-order valence-corrected chi connectivity index (χ3v) is 9.17. The minimum Gasteiger partial charge on any atom is -0.481 e. The first-order valence-corrected chi connectivity index (χ1v) is 17.2. The molecule has 0 aromatic carbocycles. The van der Waals surface area contributed by atoms with Crippen LogP contribution in [0.2, 0.25) is 0 Å². The van der Waals surface area contributed by atoms with Crippen LogP contribution in [-0.2, 0) is 4.79 Å². The normalized spacial score (nSPS) is 14.2. The Morgan fingerprint density at radius 1 is 0.541 bits per heavy atom. The number of unbranched alkanes of at least 4 members (excludes halogenated alkanes) is 21. The molecule has 0 fully saturated rings. The molecule has 2 heteroatoms. The maximum absolute atomic E-state index is 12.6. The third kappa shape index (κ3) is 18.4. The first-order valence-electron chi connectivity index (χ1n) is 17.2. The summed E-state index contributed by atoms with van der Waals surface area (Å²) >= 11 is 0. The van der Waals surface area contributed by atoms with Crippen LogP contribution in [0.5, 0.6) is 0 Å². The molecular formula is C35H70O2. The van der Waals surface area contributed by atoms with Gasteiger partial charge in [0, 0.05) is 0 Å². The van der Waals surface area contributed by atoms with Crippen molar-refractivity contribution in [3.05, 3.63) is 0 Å². The van der Waals surface area contributed by atoms with Crippen molar-refractivity contribution in [3.8, 4) is 0 Å². The summed E-state index contributed by atoms with van der Waals surface area (Å²) in [4.78, 5) is 12.6. The lowest BCUT2D eigenvalue weighted by Gasteiger charge is -2.39. The van der Waals surface area contributed by atoms with Crippen LogP contribution in [-0.4, -0.2) is 11.1 Å². The highest BCUT2D eigenvalue weighted by Crippen LogP contribution is 2.44. The first-order chi connectivity index (χ1) is 18.0. The van der Waals surface area contributed by atoms with E-state index >= 15 is 0 Å². The molecule has 0 spiro atoms. The topological polar surface area (TPSA) is 37.3 Å². The van der Waals surface area contributed by atoms with E-state index in [2.05, 4.69) is 34.6 Å². The number of carboxylic acids is 1. The van der Waals surface area contributed by atoms with Crippen LogP contribution in [0.15, 0.2) is 0 Å². The SMILES string of the molecule is CCCCCCCCCCCCCCCC(C(C)C)C(CC)(CCCCCCCCCCCC)C(=O)O. The van der Waals surface area contributed by atoms with Crippen LogP contribution in [0.3, 0.4) is 0 Å². The van der Waals surface area contributed by atoms with Gasteiger partial charge in [0.1, 0.15) is 0 Å². The Balaban J connectivity index is 4.22. The van der Waals surface area contributed by atoms with E-state index < -0.39 is 11.4 Å². The molecule has 2 atom stereocenters. The Morgan fingerprint density at radius 2 is 0.865 bits per heavy atom. The second-order valence-electron chi connectivity index (χ2n) is 12.6. The van der Waals surface area contributed by atoms with Gasteiger partial charge in [0.15, 0.2) is 0 Å². The predicted molar refractivity (Wildman–Crippen MR) is 165 cm³/mol. The van der Waals surface area contributed by atoms with E-state index in [9.17, 15) is 9.90 Å². The maximum atomic E-state index is 12.6. The van der Waals surface area contributed by atoms with E-state index in [0.717, 1.165) is 25.7 Å². The van der Waals surface area contributed by atoms with Crippen molar-refractivity contribution in [1.29, 1.82) is 0 Å². The molecule has 0 saturated carbocycles. The lowest BCUT2D eigenvalue weighted by molar-refractivity contribution is -0.155. The van der Waals surface area contributed by atoms with Crippen molar-refractivity contribution in [2.45, 2.75) is 202 Å². The zero-order chi connectivity index (χ0) is 27.6. The number of hydrogen-bond acceptors (Lipinski definition) is 1. The van der Waals surface area contributed by atoms with Crippen LogP contribution in [0.1, 0.15) is 202 Å². The fourth-order valence-electron chi connectivity index (χ4n) is 6.60. The minimum absolute atomic E-state index is 0.307. The zero-order valence-corrected chi connectivity index (χ0v) is 26.4. The molecule has 0 aliphatic rings. The second kappa shape index (κ2) is 25.7. The molecule has 0 saturated heterocycles. The molecule has 0 amide bonds. The van der Waals surface area contributed by atoms with E-state index in [0.29, 0.717) is 11.8 Å². The molecule has 0 aliphatic carbocycles. The highest BCUT2D eigenvalue weighted by Gasteiger charge is 2.44. The van der Waals surface area contributed by atoms with E-state index in [-0.39, 0.29) is 0 Å². The third-order valence-electron chi connectivity index (χ3n) is 9.17. The molecule has 2 nitrogen and oxygen atoms in total. The maximum Gasteiger partial charge on any atom is 0.309 e. The van der Waals surface area contributed by atoms with E-state index in [1.807, 2.05) is 0 Å². The summed E-state index contributed by atoms with van der Waals surface area (Å²) in [5.41, 5.74) is -0.522. The average molecular weight is 523 g/mol. The lowest BCUT2D eigenvalue weighted by Crippen LogP contribution is -2.41. The van der Waals surface area contributed by atoms with Gasteiger partial charge in [-0.1, -0.05) is 182 Å². The number of aliphatic carboxylic acids is 1. The molecule has 0 heterocycles. The van der Waals surface area contributed by atoms with Crippen molar-refractivity contribution < 1.29 is 9.90 Å². The van der Waals surface area contributed by atoms with E-state index in [1.165, 1.54) is 141 Å². The molecule has 0 radical (unpaired) electrons. The molecule has 0 aromatic rings. The van der Waals surface area contributed by atoms with Gasteiger partial charge in [-0.25, -0.2) is 0 Å². The summed E-state index contributed by atoms with van der Waals surface area (Å²) in [6.45, 7) is 11.2. The summed E-state index contributed by atoms with van der Waals surface area (Å²) in [7, 11) is 0. The van der Waals surface area contributed by atoms with E-state index in [1.54, 1.807) is 0 Å². The van der Waals surface area contributed by atoms with Gasteiger partial charge in [-0.15, -0.1) is 0 Å². The zero-order valence-electron chi connectivity index (χ0n) is 26.4. The predicted octanol–water partition coefficient (Wildman–Crippen LogP) is 12.5. The number of carbonyl (C=O) groups is 1. The Hall–Kier alpha value is -0.530. The Bertz CT molecular complexity index is 486. The van der Waals surface area contributed by atoms with Crippen LogP contribution in [0, 0.1) is 17.3 Å². The molecule has 0 rings (SSSR count). The number of carboxylic acid groups (broad SMARTS) is 1. The smallest absolute Gasteiger partial charge is 0.309 e. The number of rotatable bonds is 29. The summed E-state index contributed by atoms with van der Waals surface area (Å²) in [5, 5.41) is 10.4. The van der Waals surface area contributed by atoms with Crippen molar-refractivity contribution in [1.82, 2.24) is 0 Å². The van der Waals surface area contributed by atoms with Crippen molar-refractivity contribution in [2.24, 2.45) is 17.3 Å². The molecule has 1 N–H and O–H groups in total. The van der Waals surface area contributed by atoms with Gasteiger partial charge in [0.2, 0.25) is 0 Å². The fourth-order valence-corrected chi connectivity index (χ4v) is 6.60. The van der Waals surface area contributed by atoms with Gasteiger partial charge in [-0.2, -0.15) is 0 Å². The molecule has 37 heavy (non-hydrogen) atoms. The van der Waals surface area contributed by atoms with Gasteiger partial charge in [-0.3, -0.25) is 4.79 Å². The Kier molecular flexibility index (Phi) is 25.4. The Labute approximate surface area is 234 Å². The summed E-state index contributed by atoms with van der Waals surface area (Å²) in [6, 6.07) is 0. The second-order valence-corrected chi connectivity index (χ2v) is 12.6. The molecule has 0 bridgehead atoms. The summed E-state index contributed by atoms with van der Waals surface area (Å²) in [5.74, 6) is 0.220. The molecule has 0 aliphatic heterocycles. The van der Waals surface area contributed by atoms with Crippen LogP contribution >= 0.6 is 0 Å². The highest BCUT2D eigenvalue weighted by molar-refractivity contribution is 5.75. The van der Waals surface area contributed by atoms with Crippen molar-refractivity contribution in [2.75, 3.05) is 0 Å². The molecule has 2 unspecified atom stereocenters. The van der Waals surface area contributed by atoms with Crippen LogP contribution in [0.4, 0.5) is 0 Å². The van der Waals surface area contributed by atoms with Gasteiger partial charge < -0.3 is 5.11 Å². The van der Waals surface area contributed by atoms with Crippen molar-refractivity contribution in [3.63, 3.8) is 0 Å². The average Bonchev–Trinajstić information content (AvgIpc) is 2.88. The monoisotopic (exact) mass is 523 g/mol. The van der Waals surface area contributed by atoms with Crippen LogP contribution < -0.4 is 0 Å². The minimum atomic E-state index is -0.528. The standard InChI is InChI=1S/C35H70O2/c1-6-9-11-13-15-17-19-20-21-22-24-26-28-30-33(32(4)5)35(8-3,34(36)37)31-29-27-25-23-18-16-14-12-10-7-2/h32-33H,6-31H2,1-5H3,(H,36,37). The van der Waals surface area contributed by atoms with E-state index in [4.69, 9.17) is 0 Å². The summed E-state index contributed by atoms with van der Waals surface area (Å²) < 4.78 is 0. The molecule has 0 aromatic heterocycles. The van der Waals surface area contributed by atoms with Gasteiger partial charge in [-0.05, 0) is 31.1 Å². The molecular weight excluding hydrogens is 452 g/mol.